The van der Waals surface area contributed by atoms with Gasteiger partial charge >= 0.3 is 0 Å². The molecule has 8 heteroatoms. The van der Waals surface area contributed by atoms with Gasteiger partial charge in [0.05, 0.1) is 18.8 Å². The highest BCUT2D eigenvalue weighted by molar-refractivity contribution is 6.03. The number of hydrogen-bond acceptors (Lipinski definition) is 3. The largest absolute Gasteiger partial charge is 0.324 e. The van der Waals surface area contributed by atoms with Gasteiger partial charge in [-0.25, -0.2) is 13.2 Å². The molecule has 0 radical (unpaired) electrons. The molecule has 0 aliphatic heterocycles. The summed E-state index contributed by atoms with van der Waals surface area (Å²) in [6, 6.07) is 14.9. The van der Waals surface area contributed by atoms with Gasteiger partial charge in [-0.1, -0.05) is 43.3 Å². The van der Waals surface area contributed by atoms with Gasteiger partial charge in [0, 0.05) is 11.1 Å². The molecule has 5 nitrogen and oxygen atoms in total. The summed E-state index contributed by atoms with van der Waals surface area (Å²) in [7, 11) is 0. The Labute approximate surface area is 177 Å². The van der Waals surface area contributed by atoms with E-state index in [4.69, 9.17) is 0 Å². The maximum Gasteiger partial charge on any atom is 0.238 e. The Hall–Kier alpha value is -3.39. The second kappa shape index (κ2) is 10.1. The summed E-state index contributed by atoms with van der Waals surface area (Å²) in [5, 5.41) is 6.96. The molecule has 2 amide bonds. The third-order valence-corrected chi connectivity index (χ3v) is 4.65. The first kappa shape index (κ1) is 22.3. The van der Waals surface area contributed by atoms with E-state index in [0.29, 0.717) is 18.7 Å². The number of hydrogen-bond donors (Lipinski definition) is 2. The van der Waals surface area contributed by atoms with E-state index in [1.54, 1.807) is 11.0 Å². The minimum absolute atomic E-state index is 0.0647. The van der Waals surface area contributed by atoms with Gasteiger partial charge in [0.25, 0.3) is 0 Å². The van der Waals surface area contributed by atoms with Crippen molar-refractivity contribution in [1.29, 1.82) is 0 Å². The molecule has 0 aliphatic carbocycles. The number of halogens is 3. The van der Waals surface area contributed by atoms with Crippen LogP contribution in [0, 0.1) is 17.5 Å². The number of nitrogens with one attached hydrogen (secondary N) is 2. The molecule has 3 aromatic carbocycles. The Balaban J connectivity index is 1.64. The van der Waals surface area contributed by atoms with Crippen LogP contribution in [0.5, 0.6) is 0 Å². The molecule has 0 fully saturated rings. The second-order valence-corrected chi connectivity index (χ2v) is 7.06. The number of benzene rings is 3. The smallest absolute Gasteiger partial charge is 0.238 e. The molecule has 3 aromatic rings. The maximum atomic E-state index is 13.8. The molecule has 0 spiro atoms. The highest BCUT2D eigenvalue weighted by Crippen LogP contribution is 2.23. The zero-order valence-corrected chi connectivity index (χ0v) is 16.9. The third-order valence-electron chi connectivity index (χ3n) is 4.65. The van der Waals surface area contributed by atoms with Crippen LogP contribution in [0.3, 0.4) is 0 Å². The number of nitrogens with zero attached hydrogens (tertiary/aromatic N) is 1. The number of anilines is 2. The standard InChI is InChI=1S/C23H22F3N3O2/c1-2-12-29(14-21(31)28-19-11-10-17(24)22(25)23(19)26)13-20(30)27-18-9-5-7-15-6-3-4-8-16(15)18/h3-11H,2,12-14H2,1H3,(H,27,30)(H,28,31). The Bertz CT molecular complexity index is 1100. The van der Waals surface area contributed by atoms with Gasteiger partial charge in [0.15, 0.2) is 17.5 Å². The molecule has 0 saturated carbocycles. The molecule has 0 bridgehead atoms. The van der Waals surface area contributed by atoms with Crippen LogP contribution in [-0.4, -0.2) is 36.3 Å². The monoisotopic (exact) mass is 429 g/mol. The van der Waals surface area contributed by atoms with E-state index in [0.717, 1.165) is 22.9 Å². The van der Waals surface area contributed by atoms with Crippen LogP contribution in [-0.2, 0) is 9.59 Å². The van der Waals surface area contributed by atoms with Gasteiger partial charge in [-0.05, 0) is 36.6 Å². The van der Waals surface area contributed by atoms with Gasteiger partial charge in [-0.3, -0.25) is 14.5 Å². The van der Waals surface area contributed by atoms with E-state index in [1.165, 1.54) is 0 Å². The van der Waals surface area contributed by atoms with E-state index < -0.39 is 29.0 Å². The highest BCUT2D eigenvalue weighted by Gasteiger charge is 2.18. The van der Waals surface area contributed by atoms with Crippen molar-refractivity contribution in [3.05, 3.63) is 72.0 Å². The van der Waals surface area contributed by atoms with Gasteiger partial charge in [0.2, 0.25) is 11.8 Å². The summed E-state index contributed by atoms with van der Waals surface area (Å²) >= 11 is 0. The van der Waals surface area contributed by atoms with Gasteiger partial charge < -0.3 is 10.6 Å². The first-order valence-corrected chi connectivity index (χ1v) is 9.82. The fraction of sp³-hybridized carbons (Fsp3) is 0.217. The number of carbonyl (C=O) groups excluding carboxylic acids is 2. The van der Waals surface area contributed by atoms with Crippen LogP contribution in [0.4, 0.5) is 24.5 Å². The van der Waals surface area contributed by atoms with Gasteiger partial charge in [-0.15, -0.1) is 0 Å². The molecule has 0 unspecified atom stereocenters. The maximum absolute atomic E-state index is 13.8. The zero-order chi connectivity index (χ0) is 22.4. The normalized spacial score (nSPS) is 11.0. The van der Waals surface area contributed by atoms with Crippen molar-refractivity contribution in [2.75, 3.05) is 30.3 Å². The van der Waals surface area contributed by atoms with Crippen LogP contribution in [0.25, 0.3) is 10.8 Å². The molecular weight excluding hydrogens is 407 g/mol. The number of carbonyl (C=O) groups is 2. The first-order valence-electron chi connectivity index (χ1n) is 9.82. The molecule has 0 aliphatic rings. The van der Waals surface area contributed by atoms with Crippen molar-refractivity contribution in [2.45, 2.75) is 13.3 Å². The van der Waals surface area contributed by atoms with E-state index in [9.17, 15) is 22.8 Å². The minimum Gasteiger partial charge on any atom is -0.324 e. The molecule has 0 atom stereocenters. The third kappa shape index (κ3) is 5.61. The molecule has 2 N–H and O–H groups in total. The zero-order valence-electron chi connectivity index (χ0n) is 16.9. The van der Waals surface area contributed by atoms with Crippen molar-refractivity contribution >= 4 is 34.0 Å². The van der Waals surface area contributed by atoms with Crippen LogP contribution >= 0.6 is 0 Å². The van der Waals surface area contributed by atoms with Crippen molar-refractivity contribution in [3.63, 3.8) is 0 Å². The van der Waals surface area contributed by atoms with Crippen molar-refractivity contribution in [3.8, 4) is 0 Å². The quantitative estimate of drug-likeness (QED) is 0.517. The number of rotatable bonds is 8. The van der Waals surface area contributed by atoms with Gasteiger partial charge in [0.1, 0.15) is 0 Å². The Morgan fingerprint density at radius 3 is 2.16 bits per heavy atom. The SMILES string of the molecule is CCCN(CC(=O)Nc1ccc(F)c(F)c1F)CC(=O)Nc1cccc2ccccc12. The lowest BCUT2D eigenvalue weighted by Crippen LogP contribution is -2.39. The van der Waals surface area contributed by atoms with E-state index in [-0.39, 0.29) is 19.0 Å². The van der Waals surface area contributed by atoms with Crippen molar-refractivity contribution in [1.82, 2.24) is 4.90 Å². The van der Waals surface area contributed by atoms with Gasteiger partial charge in [-0.2, -0.15) is 0 Å². The lowest BCUT2D eigenvalue weighted by molar-refractivity contribution is -0.120. The molecule has 31 heavy (non-hydrogen) atoms. The Morgan fingerprint density at radius 2 is 1.45 bits per heavy atom. The van der Waals surface area contributed by atoms with Crippen molar-refractivity contribution < 1.29 is 22.8 Å². The Morgan fingerprint density at radius 1 is 0.806 bits per heavy atom. The summed E-state index contributed by atoms with van der Waals surface area (Å²) in [5.74, 6) is -5.41. The molecule has 162 valence electrons. The lowest BCUT2D eigenvalue weighted by atomic mass is 10.1. The van der Waals surface area contributed by atoms with E-state index in [2.05, 4.69) is 10.6 Å². The molecular formula is C23H22F3N3O2. The first-order chi connectivity index (χ1) is 14.9. The fourth-order valence-corrected chi connectivity index (χ4v) is 3.27. The lowest BCUT2D eigenvalue weighted by Gasteiger charge is -2.21. The molecule has 0 heterocycles. The predicted octanol–water partition coefficient (Wildman–Crippen LogP) is 4.55. The van der Waals surface area contributed by atoms with Crippen LogP contribution in [0.2, 0.25) is 0 Å². The number of fused-ring (bicyclic) bond motifs is 1. The summed E-state index contributed by atoms with van der Waals surface area (Å²) in [6.07, 6.45) is 0.675. The van der Waals surface area contributed by atoms with Crippen LogP contribution < -0.4 is 10.6 Å². The Kier molecular flexibility index (Phi) is 7.25. The van der Waals surface area contributed by atoms with Crippen molar-refractivity contribution in [2.24, 2.45) is 0 Å². The average molecular weight is 429 g/mol. The summed E-state index contributed by atoms with van der Waals surface area (Å²) in [4.78, 5) is 26.5. The molecule has 0 aromatic heterocycles. The highest BCUT2D eigenvalue weighted by atomic mass is 19.2. The summed E-state index contributed by atoms with van der Waals surface area (Å²) in [6.45, 7) is 2.05. The second-order valence-electron chi connectivity index (χ2n) is 7.06. The summed E-state index contributed by atoms with van der Waals surface area (Å²) in [5.41, 5.74) is 0.202. The van der Waals surface area contributed by atoms with E-state index in [1.807, 2.05) is 43.3 Å². The molecule has 3 rings (SSSR count). The fourth-order valence-electron chi connectivity index (χ4n) is 3.27. The summed E-state index contributed by atoms with van der Waals surface area (Å²) < 4.78 is 40.2. The topological polar surface area (TPSA) is 61.4 Å². The van der Waals surface area contributed by atoms with Crippen LogP contribution in [0.15, 0.2) is 54.6 Å². The predicted molar refractivity (Wildman–Crippen MR) is 114 cm³/mol. The van der Waals surface area contributed by atoms with E-state index >= 15 is 0 Å². The molecule has 0 saturated heterocycles. The van der Waals surface area contributed by atoms with Crippen LogP contribution in [0.1, 0.15) is 13.3 Å². The average Bonchev–Trinajstić information content (AvgIpc) is 2.74. The number of amides is 2. The minimum atomic E-state index is -1.65.